The lowest BCUT2D eigenvalue weighted by Crippen LogP contribution is -2.45. The van der Waals surface area contributed by atoms with E-state index in [2.05, 4.69) is 5.32 Å². The number of fused-ring (bicyclic) bond motifs is 2. The lowest BCUT2D eigenvalue weighted by Gasteiger charge is -2.24. The molecule has 1 spiro atoms. The molecule has 4 rings (SSSR count). The van der Waals surface area contributed by atoms with Crippen molar-refractivity contribution in [3.63, 3.8) is 0 Å². The van der Waals surface area contributed by atoms with Gasteiger partial charge in [0.1, 0.15) is 12.1 Å². The average molecular weight is 341 g/mol. The third-order valence-electron chi connectivity index (χ3n) is 5.67. The largest absolute Gasteiger partial charge is 0.341 e. The number of likely N-dealkylation sites (tertiary alicyclic amines) is 1. The Labute approximate surface area is 147 Å². The Bertz CT molecular complexity index is 724. The van der Waals surface area contributed by atoms with Crippen molar-refractivity contribution < 1.29 is 14.4 Å². The number of nitrogens with one attached hydrogen (secondary N) is 1. The molecule has 3 aliphatic rings. The van der Waals surface area contributed by atoms with Gasteiger partial charge in [0.25, 0.3) is 5.91 Å². The van der Waals surface area contributed by atoms with Crippen LogP contribution in [0.1, 0.15) is 43.2 Å². The van der Waals surface area contributed by atoms with E-state index in [4.69, 9.17) is 0 Å². The molecule has 6 heteroatoms. The molecular weight excluding hydrogens is 318 g/mol. The summed E-state index contributed by atoms with van der Waals surface area (Å²) in [6, 6.07) is 7.27. The third kappa shape index (κ3) is 2.60. The van der Waals surface area contributed by atoms with Crippen molar-refractivity contribution in [2.45, 2.75) is 44.1 Å². The van der Waals surface area contributed by atoms with Crippen LogP contribution in [0.4, 0.5) is 4.79 Å². The molecular formula is C19H23N3O3. The fourth-order valence-corrected chi connectivity index (χ4v) is 4.29. The molecule has 132 valence electrons. The first-order valence-corrected chi connectivity index (χ1v) is 9.12. The van der Waals surface area contributed by atoms with Gasteiger partial charge in [-0.15, -0.1) is 0 Å². The zero-order valence-electron chi connectivity index (χ0n) is 14.3. The van der Waals surface area contributed by atoms with E-state index in [1.807, 2.05) is 24.3 Å². The highest BCUT2D eigenvalue weighted by Crippen LogP contribution is 2.41. The van der Waals surface area contributed by atoms with Gasteiger partial charge in [0.15, 0.2) is 0 Å². The van der Waals surface area contributed by atoms with E-state index < -0.39 is 11.6 Å². The quantitative estimate of drug-likeness (QED) is 0.834. The van der Waals surface area contributed by atoms with Crippen molar-refractivity contribution in [2.75, 3.05) is 19.6 Å². The molecule has 0 aromatic heterocycles. The predicted molar refractivity (Wildman–Crippen MR) is 91.7 cm³/mol. The van der Waals surface area contributed by atoms with Gasteiger partial charge < -0.3 is 10.2 Å². The molecule has 2 aliphatic heterocycles. The van der Waals surface area contributed by atoms with Crippen molar-refractivity contribution in [3.05, 3.63) is 35.4 Å². The Morgan fingerprint density at radius 1 is 1.08 bits per heavy atom. The highest BCUT2D eigenvalue weighted by atomic mass is 16.2. The Morgan fingerprint density at radius 2 is 1.80 bits per heavy atom. The zero-order valence-corrected chi connectivity index (χ0v) is 14.3. The highest BCUT2D eigenvalue weighted by molar-refractivity contribution is 6.09. The van der Waals surface area contributed by atoms with Crippen LogP contribution in [0.5, 0.6) is 0 Å². The van der Waals surface area contributed by atoms with E-state index >= 15 is 0 Å². The summed E-state index contributed by atoms with van der Waals surface area (Å²) in [5, 5.41) is 2.87. The van der Waals surface area contributed by atoms with Gasteiger partial charge in [-0.2, -0.15) is 0 Å². The maximum atomic E-state index is 13.1. The summed E-state index contributed by atoms with van der Waals surface area (Å²) in [6.45, 7) is 1.28. The number of hydrogen-bond donors (Lipinski definition) is 1. The average Bonchev–Trinajstić information content (AvgIpc) is 2.94. The number of carbonyl (C=O) groups is 3. The number of amides is 4. The first-order valence-electron chi connectivity index (χ1n) is 9.12. The fraction of sp³-hybridized carbons (Fsp3) is 0.526. The second-order valence-corrected chi connectivity index (χ2v) is 7.18. The van der Waals surface area contributed by atoms with Gasteiger partial charge in [0.05, 0.1) is 0 Å². The minimum atomic E-state index is -0.979. The lowest BCUT2D eigenvalue weighted by molar-refractivity contribution is -0.139. The first kappa shape index (κ1) is 16.1. The molecule has 0 unspecified atom stereocenters. The molecule has 4 amide bonds. The molecule has 2 saturated heterocycles. The second kappa shape index (κ2) is 6.17. The number of urea groups is 1. The molecule has 2 fully saturated rings. The van der Waals surface area contributed by atoms with Gasteiger partial charge in [0.2, 0.25) is 5.91 Å². The molecule has 0 saturated carbocycles. The van der Waals surface area contributed by atoms with Gasteiger partial charge in [-0.25, -0.2) is 4.79 Å². The summed E-state index contributed by atoms with van der Waals surface area (Å²) in [4.78, 5) is 41.0. The predicted octanol–water partition coefficient (Wildman–Crippen LogP) is 1.78. The molecule has 0 bridgehead atoms. The lowest BCUT2D eigenvalue weighted by atomic mass is 9.92. The number of rotatable bonds is 2. The van der Waals surface area contributed by atoms with Gasteiger partial charge >= 0.3 is 6.03 Å². The third-order valence-corrected chi connectivity index (χ3v) is 5.67. The molecule has 1 aromatic rings. The van der Waals surface area contributed by atoms with Crippen LogP contribution >= 0.6 is 0 Å². The van der Waals surface area contributed by atoms with Crippen LogP contribution in [0, 0.1) is 0 Å². The van der Waals surface area contributed by atoms with Crippen molar-refractivity contribution >= 4 is 17.8 Å². The molecule has 1 aliphatic carbocycles. The van der Waals surface area contributed by atoms with Crippen molar-refractivity contribution in [3.8, 4) is 0 Å². The van der Waals surface area contributed by atoms with Crippen molar-refractivity contribution in [2.24, 2.45) is 0 Å². The molecule has 2 heterocycles. The molecule has 0 radical (unpaired) electrons. The maximum Gasteiger partial charge on any atom is 0.325 e. The van der Waals surface area contributed by atoms with E-state index in [-0.39, 0.29) is 18.4 Å². The maximum absolute atomic E-state index is 13.1. The standard InChI is InChI=1S/C19H23N3O3/c23-16(21-11-5-1-2-6-12-21)13-22-17(24)19(20-18(22)25)10-9-14-7-3-4-8-15(14)19/h3-4,7-8H,1-2,5-6,9-13H2,(H,20,25)/t19-/m0/s1. The number of benzene rings is 1. The molecule has 1 aromatic carbocycles. The topological polar surface area (TPSA) is 69.7 Å². The second-order valence-electron chi connectivity index (χ2n) is 7.18. The number of carbonyl (C=O) groups excluding carboxylic acids is 3. The molecule has 1 atom stereocenters. The summed E-state index contributed by atoms with van der Waals surface area (Å²) >= 11 is 0. The number of imide groups is 1. The Balaban J connectivity index is 1.53. The first-order chi connectivity index (χ1) is 12.1. The Morgan fingerprint density at radius 3 is 2.56 bits per heavy atom. The van der Waals surface area contributed by atoms with Crippen molar-refractivity contribution in [1.82, 2.24) is 15.1 Å². The molecule has 6 nitrogen and oxygen atoms in total. The summed E-state index contributed by atoms with van der Waals surface area (Å²) in [7, 11) is 0. The summed E-state index contributed by atoms with van der Waals surface area (Å²) in [6.07, 6.45) is 5.56. The van der Waals surface area contributed by atoms with E-state index in [9.17, 15) is 14.4 Å². The zero-order chi connectivity index (χ0) is 17.4. The minimum absolute atomic E-state index is 0.131. The van der Waals surface area contributed by atoms with Gasteiger partial charge in [-0.1, -0.05) is 37.1 Å². The van der Waals surface area contributed by atoms with Crippen LogP contribution in [0.15, 0.2) is 24.3 Å². The summed E-state index contributed by atoms with van der Waals surface area (Å²) in [5.74, 6) is -0.417. The summed E-state index contributed by atoms with van der Waals surface area (Å²) in [5.41, 5.74) is 0.988. The van der Waals surface area contributed by atoms with Crippen LogP contribution in [0.2, 0.25) is 0 Å². The molecule has 1 N–H and O–H groups in total. The number of nitrogens with zero attached hydrogens (tertiary/aromatic N) is 2. The van der Waals surface area contributed by atoms with Crippen LogP contribution in [0.25, 0.3) is 0 Å². The van der Waals surface area contributed by atoms with E-state index in [0.29, 0.717) is 6.42 Å². The van der Waals surface area contributed by atoms with Gasteiger partial charge in [-0.05, 0) is 36.8 Å². The van der Waals surface area contributed by atoms with Crippen LogP contribution in [0.3, 0.4) is 0 Å². The minimum Gasteiger partial charge on any atom is -0.341 e. The Kier molecular flexibility index (Phi) is 3.98. The van der Waals surface area contributed by atoms with Gasteiger partial charge in [-0.3, -0.25) is 14.5 Å². The van der Waals surface area contributed by atoms with Crippen molar-refractivity contribution in [1.29, 1.82) is 0 Å². The molecule has 25 heavy (non-hydrogen) atoms. The normalized spacial score (nSPS) is 25.9. The van der Waals surface area contributed by atoms with E-state index in [1.165, 1.54) is 0 Å². The highest BCUT2D eigenvalue weighted by Gasteiger charge is 2.55. The SMILES string of the molecule is O=C(CN1C(=O)N[C@]2(CCc3ccccc32)C1=O)N1CCCCCC1. The Hall–Kier alpha value is -2.37. The van der Waals surface area contributed by atoms with Crippen LogP contribution in [-0.2, 0) is 21.5 Å². The smallest absolute Gasteiger partial charge is 0.325 e. The van der Waals surface area contributed by atoms with Crippen LogP contribution < -0.4 is 5.32 Å². The monoisotopic (exact) mass is 341 g/mol. The fourth-order valence-electron chi connectivity index (χ4n) is 4.29. The van der Waals surface area contributed by atoms with Crippen LogP contribution in [-0.4, -0.2) is 47.3 Å². The number of hydrogen-bond acceptors (Lipinski definition) is 3. The summed E-state index contributed by atoms with van der Waals surface area (Å²) < 4.78 is 0. The van der Waals surface area contributed by atoms with E-state index in [1.54, 1.807) is 4.90 Å². The number of aryl methyl sites for hydroxylation is 1. The van der Waals surface area contributed by atoms with Gasteiger partial charge in [0, 0.05) is 13.1 Å². The van der Waals surface area contributed by atoms with E-state index in [0.717, 1.165) is 61.2 Å².